The molecular formula is C12H17BrN2O. The fourth-order valence-electron chi connectivity index (χ4n) is 3.54. The van der Waals surface area contributed by atoms with E-state index >= 15 is 0 Å². The zero-order chi connectivity index (χ0) is 11.2. The zero-order valence-corrected chi connectivity index (χ0v) is 10.9. The third-order valence-corrected chi connectivity index (χ3v) is 4.71. The summed E-state index contributed by atoms with van der Waals surface area (Å²) >= 11 is 3.41. The molecule has 3 rings (SSSR count). The number of rotatable bonds is 1. The van der Waals surface area contributed by atoms with Crippen LogP contribution in [0.3, 0.4) is 0 Å². The van der Waals surface area contributed by atoms with E-state index in [0.29, 0.717) is 5.41 Å². The Morgan fingerprint density at radius 1 is 1.38 bits per heavy atom. The third-order valence-electron chi connectivity index (χ3n) is 4.30. The van der Waals surface area contributed by atoms with E-state index < -0.39 is 0 Å². The number of nitrogens with zero attached hydrogens (tertiary/aromatic N) is 2. The highest BCUT2D eigenvalue weighted by atomic mass is 79.9. The van der Waals surface area contributed by atoms with Gasteiger partial charge < -0.3 is 5.11 Å². The Kier molecular flexibility index (Phi) is 2.59. The largest absolute Gasteiger partial charge is 0.391 e. The summed E-state index contributed by atoms with van der Waals surface area (Å²) in [5.74, 6) is 0. The molecule has 1 heterocycles. The molecule has 1 spiro atoms. The van der Waals surface area contributed by atoms with Gasteiger partial charge in [0, 0.05) is 6.20 Å². The van der Waals surface area contributed by atoms with Crippen LogP contribution in [0.2, 0.25) is 0 Å². The second-order valence-corrected chi connectivity index (χ2v) is 6.30. The molecule has 2 atom stereocenters. The Morgan fingerprint density at radius 3 is 2.75 bits per heavy atom. The Morgan fingerprint density at radius 2 is 2.12 bits per heavy atom. The minimum atomic E-state index is -0.218. The SMILES string of the molecule is O[C@@H]1CC2(CCCC2)C[C@H]1n1cc(Br)cn1. The van der Waals surface area contributed by atoms with Crippen LogP contribution >= 0.6 is 15.9 Å². The van der Waals surface area contributed by atoms with Crippen LogP contribution in [-0.2, 0) is 0 Å². The average Bonchev–Trinajstić information content (AvgIpc) is 2.90. The molecule has 2 saturated carbocycles. The number of aliphatic hydroxyl groups excluding tert-OH is 1. The van der Waals surface area contributed by atoms with Crippen molar-refractivity contribution in [3.8, 4) is 0 Å². The van der Waals surface area contributed by atoms with Crippen molar-refractivity contribution >= 4 is 15.9 Å². The maximum atomic E-state index is 10.2. The maximum absolute atomic E-state index is 10.2. The minimum absolute atomic E-state index is 0.185. The number of aromatic nitrogens is 2. The first-order valence-corrected chi connectivity index (χ1v) is 6.86. The molecule has 3 nitrogen and oxygen atoms in total. The third kappa shape index (κ3) is 1.72. The smallest absolute Gasteiger partial charge is 0.0784 e. The van der Waals surface area contributed by atoms with Gasteiger partial charge in [0.1, 0.15) is 0 Å². The molecule has 1 aromatic rings. The van der Waals surface area contributed by atoms with Gasteiger partial charge in [-0.1, -0.05) is 12.8 Å². The van der Waals surface area contributed by atoms with E-state index in [1.54, 1.807) is 6.20 Å². The van der Waals surface area contributed by atoms with Crippen LogP contribution in [0.4, 0.5) is 0 Å². The summed E-state index contributed by atoms with van der Waals surface area (Å²) in [4.78, 5) is 0. The van der Waals surface area contributed by atoms with Crippen molar-refractivity contribution in [3.63, 3.8) is 0 Å². The molecule has 0 radical (unpaired) electrons. The minimum Gasteiger partial charge on any atom is -0.391 e. The number of aliphatic hydroxyl groups is 1. The molecule has 2 aliphatic rings. The topological polar surface area (TPSA) is 38.0 Å². The van der Waals surface area contributed by atoms with Gasteiger partial charge in [-0.05, 0) is 47.0 Å². The number of halogens is 1. The first-order valence-electron chi connectivity index (χ1n) is 6.06. The molecule has 4 heteroatoms. The van der Waals surface area contributed by atoms with E-state index in [0.717, 1.165) is 17.3 Å². The van der Waals surface area contributed by atoms with Crippen molar-refractivity contribution in [3.05, 3.63) is 16.9 Å². The molecule has 2 aliphatic carbocycles. The summed E-state index contributed by atoms with van der Waals surface area (Å²) in [7, 11) is 0. The predicted molar refractivity (Wildman–Crippen MR) is 65.1 cm³/mol. The normalized spacial score (nSPS) is 32.6. The second-order valence-electron chi connectivity index (χ2n) is 5.39. The van der Waals surface area contributed by atoms with E-state index in [-0.39, 0.29) is 12.1 Å². The van der Waals surface area contributed by atoms with Gasteiger partial charge >= 0.3 is 0 Å². The molecule has 16 heavy (non-hydrogen) atoms. The van der Waals surface area contributed by atoms with Crippen LogP contribution in [0.15, 0.2) is 16.9 Å². The lowest BCUT2D eigenvalue weighted by molar-refractivity contribution is 0.124. The van der Waals surface area contributed by atoms with Crippen LogP contribution in [0.5, 0.6) is 0 Å². The van der Waals surface area contributed by atoms with Gasteiger partial charge in [0.15, 0.2) is 0 Å². The molecule has 0 saturated heterocycles. The fraction of sp³-hybridized carbons (Fsp3) is 0.750. The van der Waals surface area contributed by atoms with Gasteiger partial charge in [-0.2, -0.15) is 5.10 Å². The first kappa shape index (κ1) is 10.8. The zero-order valence-electron chi connectivity index (χ0n) is 9.27. The van der Waals surface area contributed by atoms with Crippen molar-refractivity contribution in [1.29, 1.82) is 0 Å². The van der Waals surface area contributed by atoms with Crippen molar-refractivity contribution in [1.82, 2.24) is 9.78 Å². The summed E-state index contributed by atoms with van der Waals surface area (Å²) in [6, 6.07) is 0.185. The predicted octanol–water partition coefficient (Wildman–Crippen LogP) is 2.90. The summed E-state index contributed by atoms with van der Waals surface area (Å²) < 4.78 is 2.93. The summed E-state index contributed by atoms with van der Waals surface area (Å²) in [5, 5.41) is 14.5. The van der Waals surface area contributed by atoms with Crippen molar-refractivity contribution in [2.45, 2.75) is 50.7 Å². The monoisotopic (exact) mass is 284 g/mol. The van der Waals surface area contributed by atoms with Crippen LogP contribution in [0.25, 0.3) is 0 Å². The van der Waals surface area contributed by atoms with E-state index in [9.17, 15) is 5.11 Å². The Labute approximate surface area is 104 Å². The lowest BCUT2D eigenvalue weighted by atomic mass is 9.84. The maximum Gasteiger partial charge on any atom is 0.0784 e. The van der Waals surface area contributed by atoms with E-state index in [2.05, 4.69) is 21.0 Å². The van der Waals surface area contributed by atoms with Gasteiger partial charge in [0.2, 0.25) is 0 Å². The molecule has 0 aliphatic heterocycles. The molecular weight excluding hydrogens is 268 g/mol. The first-order chi connectivity index (χ1) is 7.69. The van der Waals surface area contributed by atoms with Crippen LogP contribution in [0.1, 0.15) is 44.6 Å². The summed E-state index contributed by atoms with van der Waals surface area (Å²) in [5.41, 5.74) is 0.419. The lowest BCUT2D eigenvalue weighted by Gasteiger charge is -2.21. The highest BCUT2D eigenvalue weighted by Gasteiger charge is 2.46. The molecule has 1 N–H and O–H groups in total. The molecule has 0 aromatic carbocycles. The number of hydrogen-bond donors (Lipinski definition) is 1. The van der Waals surface area contributed by atoms with Gasteiger partial charge in [-0.15, -0.1) is 0 Å². The van der Waals surface area contributed by atoms with Gasteiger partial charge in [-0.3, -0.25) is 4.68 Å². The standard InChI is InChI=1S/C12H17BrN2O/c13-9-7-14-15(8-9)10-5-12(6-11(10)16)3-1-2-4-12/h7-8,10-11,16H,1-6H2/t10-,11-/m1/s1. The van der Waals surface area contributed by atoms with Gasteiger partial charge in [0.25, 0.3) is 0 Å². The van der Waals surface area contributed by atoms with Crippen LogP contribution < -0.4 is 0 Å². The number of hydrogen-bond acceptors (Lipinski definition) is 2. The van der Waals surface area contributed by atoms with E-state index in [1.807, 2.05) is 10.9 Å². The van der Waals surface area contributed by atoms with E-state index in [1.165, 1.54) is 25.7 Å². The average molecular weight is 285 g/mol. The molecule has 88 valence electrons. The second kappa shape index (κ2) is 3.84. The van der Waals surface area contributed by atoms with Crippen molar-refractivity contribution in [2.24, 2.45) is 5.41 Å². The Hall–Kier alpha value is -0.350. The van der Waals surface area contributed by atoms with Crippen LogP contribution in [-0.4, -0.2) is 21.0 Å². The quantitative estimate of drug-likeness (QED) is 0.861. The van der Waals surface area contributed by atoms with Gasteiger partial charge in [-0.25, -0.2) is 0 Å². The summed E-state index contributed by atoms with van der Waals surface area (Å²) in [6.07, 6.45) is 10.9. The molecule has 0 bridgehead atoms. The lowest BCUT2D eigenvalue weighted by Crippen LogP contribution is -2.18. The van der Waals surface area contributed by atoms with Crippen molar-refractivity contribution < 1.29 is 5.11 Å². The highest BCUT2D eigenvalue weighted by molar-refractivity contribution is 9.10. The fourth-order valence-corrected chi connectivity index (χ4v) is 3.84. The van der Waals surface area contributed by atoms with Gasteiger partial charge in [0.05, 0.1) is 22.8 Å². The molecule has 2 fully saturated rings. The van der Waals surface area contributed by atoms with Crippen LogP contribution in [0, 0.1) is 5.41 Å². The summed E-state index contributed by atoms with van der Waals surface area (Å²) in [6.45, 7) is 0. The van der Waals surface area contributed by atoms with Crippen molar-refractivity contribution in [2.75, 3.05) is 0 Å². The highest BCUT2D eigenvalue weighted by Crippen LogP contribution is 2.53. The molecule has 0 unspecified atom stereocenters. The van der Waals surface area contributed by atoms with E-state index in [4.69, 9.17) is 0 Å². The molecule has 0 amide bonds. The Balaban J connectivity index is 1.82. The molecule has 1 aromatic heterocycles. The Bertz CT molecular complexity index is 384.